The Morgan fingerprint density at radius 3 is 2.55 bits per heavy atom. The second kappa shape index (κ2) is 8.38. The normalized spacial score (nSPS) is 11.4. The van der Waals surface area contributed by atoms with E-state index in [2.05, 4.69) is 15.6 Å². The summed E-state index contributed by atoms with van der Waals surface area (Å²) in [5.74, 6) is -0.972. The lowest BCUT2D eigenvalue weighted by Crippen LogP contribution is -2.33. The van der Waals surface area contributed by atoms with Gasteiger partial charge in [0.1, 0.15) is 0 Å². The first-order valence-corrected chi connectivity index (χ1v) is 10.2. The third-order valence-corrected chi connectivity index (χ3v) is 5.97. The maximum absolute atomic E-state index is 12.3. The number of aromatic nitrogens is 1. The quantitative estimate of drug-likeness (QED) is 0.642. The highest BCUT2D eigenvalue weighted by Crippen LogP contribution is 2.16. The number of rotatable bonds is 6. The van der Waals surface area contributed by atoms with Gasteiger partial charge in [0.25, 0.3) is 5.91 Å². The maximum atomic E-state index is 12.3. The summed E-state index contributed by atoms with van der Waals surface area (Å²) in [6.45, 7) is -0.268. The van der Waals surface area contributed by atoms with E-state index in [1.165, 1.54) is 44.6 Å². The molecule has 0 aliphatic carbocycles. The average Bonchev–Trinajstić information content (AvgIpc) is 2.72. The molecule has 0 saturated carbocycles. The monoisotopic (exact) mass is 412 g/mol. The summed E-state index contributed by atoms with van der Waals surface area (Å²) in [6, 6.07) is 14.9. The van der Waals surface area contributed by atoms with E-state index in [0.717, 1.165) is 15.2 Å². The number of carbonyl (C=O) groups is 2. The fourth-order valence-corrected chi connectivity index (χ4v) is 3.56. The van der Waals surface area contributed by atoms with Gasteiger partial charge in [-0.2, -0.15) is 0 Å². The van der Waals surface area contributed by atoms with Gasteiger partial charge in [-0.25, -0.2) is 12.7 Å². The zero-order valence-electron chi connectivity index (χ0n) is 15.9. The van der Waals surface area contributed by atoms with Crippen molar-refractivity contribution in [3.05, 3.63) is 66.4 Å². The Labute approximate surface area is 168 Å². The number of anilines is 1. The minimum atomic E-state index is -3.66. The summed E-state index contributed by atoms with van der Waals surface area (Å²) < 4.78 is 25.5. The van der Waals surface area contributed by atoms with E-state index >= 15 is 0 Å². The number of carbonyl (C=O) groups excluding carboxylic acids is 2. The number of amides is 2. The standard InChI is InChI=1S/C20H20N4O4S/c1-24(2)29(27,28)17-8-5-7-15(11-17)20(26)22-13-19(25)23-16-10-14-6-3-4-9-18(14)21-12-16/h3-12H,13H2,1-2H3,(H,22,26)(H,23,25). The number of hydrogen-bond donors (Lipinski definition) is 2. The predicted molar refractivity (Wildman–Crippen MR) is 110 cm³/mol. The molecule has 1 heterocycles. The van der Waals surface area contributed by atoms with Crippen LogP contribution in [0.25, 0.3) is 10.9 Å². The Balaban J connectivity index is 1.63. The minimum Gasteiger partial charge on any atom is -0.343 e. The molecule has 29 heavy (non-hydrogen) atoms. The van der Waals surface area contributed by atoms with Crippen LogP contribution in [0.3, 0.4) is 0 Å². The molecule has 9 heteroatoms. The number of sulfonamides is 1. The van der Waals surface area contributed by atoms with Gasteiger partial charge in [-0.3, -0.25) is 14.6 Å². The second-order valence-electron chi connectivity index (χ2n) is 6.46. The van der Waals surface area contributed by atoms with E-state index in [4.69, 9.17) is 0 Å². The predicted octanol–water partition coefficient (Wildman–Crippen LogP) is 1.85. The van der Waals surface area contributed by atoms with Gasteiger partial charge in [-0.1, -0.05) is 24.3 Å². The molecule has 0 bridgehead atoms. The molecular weight excluding hydrogens is 392 g/mol. The number of para-hydroxylation sites is 1. The summed E-state index contributed by atoms with van der Waals surface area (Å²) in [7, 11) is -0.834. The summed E-state index contributed by atoms with van der Waals surface area (Å²) in [4.78, 5) is 28.7. The Bertz CT molecular complexity index is 1180. The molecule has 0 spiro atoms. The zero-order chi connectivity index (χ0) is 21.0. The van der Waals surface area contributed by atoms with Crippen LogP contribution in [-0.4, -0.2) is 50.2 Å². The highest BCUT2D eigenvalue weighted by Gasteiger charge is 2.19. The topological polar surface area (TPSA) is 108 Å². The molecular formula is C20H20N4O4S. The number of pyridine rings is 1. The largest absolute Gasteiger partial charge is 0.343 e. The van der Waals surface area contributed by atoms with Gasteiger partial charge < -0.3 is 10.6 Å². The van der Waals surface area contributed by atoms with E-state index in [1.54, 1.807) is 6.07 Å². The van der Waals surface area contributed by atoms with Crippen LogP contribution < -0.4 is 10.6 Å². The summed E-state index contributed by atoms with van der Waals surface area (Å²) in [5, 5.41) is 6.04. The van der Waals surface area contributed by atoms with Crippen LogP contribution in [0.4, 0.5) is 5.69 Å². The van der Waals surface area contributed by atoms with Crippen molar-refractivity contribution < 1.29 is 18.0 Å². The Morgan fingerprint density at radius 1 is 1.03 bits per heavy atom. The van der Waals surface area contributed by atoms with Crippen molar-refractivity contribution in [2.75, 3.05) is 26.0 Å². The molecule has 150 valence electrons. The molecule has 2 N–H and O–H groups in total. The lowest BCUT2D eigenvalue weighted by atomic mass is 10.2. The Hall–Kier alpha value is -3.30. The number of nitrogens with zero attached hydrogens (tertiary/aromatic N) is 2. The van der Waals surface area contributed by atoms with E-state index in [-0.39, 0.29) is 17.0 Å². The van der Waals surface area contributed by atoms with Crippen molar-refractivity contribution in [1.82, 2.24) is 14.6 Å². The van der Waals surface area contributed by atoms with Crippen molar-refractivity contribution in [3.8, 4) is 0 Å². The Morgan fingerprint density at radius 2 is 1.79 bits per heavy atom. The molecule has 8 nitrogen and oxygen atoms in total. The molecule has 0 radical (unpaired) electrons. The summed E-state index contributed by atoms with van der Waals surface area (Å²) in [6.07, 6.45) is 1.54. The fraction of sp³-hybridized carbons (Fsp3) is 0.150. The van der Waals surface area contributed by atoms with Gasteiger partial charge in [0.15, 0.2) is 0 Å². The van der Waals surface area contributed by atoms with E-state index in [1.807, 2.05) is 24.3 Å². The lowest BCUT2D eigenvalue weighted by molar-refractivity contribution is -0.115. The Kier molecular flexibility index (Phi) is 5.90. The van der Waals surface area contributed by atoms with Crippen molar-refractivity contribution in [2.45, 2.75) is 4.90 Å². The van der Waals surface area contributed by atoms with E-state index in [9.17, 15) is 18.0 Å². The van der Waals surface area contributed by atoms with E-state index < -0.39 is 21.8 Å². The van der Waals surface area contributed by atoms with Gasteiger partial charge in [-0.15, -0.1) is 0 Å². The highest BCUT2D eigenvalue weighted by molar-refractivity contribution is 7.89. The van der Waals surface area contributed by atoms with Crippen molar-refractivity contribution in [2.24, 2.45) is 0 Å². The van der Waals surface area contributed by atoms with Crippen molar-refractivity contribution >= 4 is 38.4 Å². The van der Waals surface area contributed by atoms with E-state index in [0.29, 0.717) is 5.69 Å². The molecule has 2 amide bonds. The molecule has 0 aliphatic rings. The number of fused-ring (bicyclic) bond motifs is 1. The smallest absolute Gasteiger partial charge is 0.251 e. The first kappa shape index (κ1) is 20.4. The summed E-state index contributed by atoms with van der Waals surface area (Å²) in [5.41, 5.74) is 1.47. The molecule has 3 rings (SSSR count). The average molecular weight is 412 g/mol. The van der Waals surface area contributed by atoms with Gasteiger partial charge >= 0.3 is 0 Å². The van der Waals surface area contributed by atoms with Crippen LogP contribution in [0.15, 0.2) is 65.7 Å². The fourth-order valence-electron chi connectivity index (χ4n) is 2.62. The molecule has 0 unspecified atom stereocenters. The number of nitrogens with one attached hydrogen (secondary N) is 2. The molecule has 2 aromatic carbocycles. The first-order valence-electron chi connectivity index (χ1n) is 8.73. The molecule has 0 fully saturated rings. The SMILES string of the molecule is CN(C)S(=O)(=O)c1cccc(C(=O)NCC(=O)Nc2cnc3ccccc3c2)c1. The van der Waals surface area contributed by atoms with Crippen LogP contribution in [0.1, 0.15) is 10.4 Å². The van der Waals surface area contributed by atoms with Crippen molar-refractivity contribution in [1.29, 1.82) is 0 Å². The van der Waals surface area contributed by atoms with Crippen LogP contribution in [0.5, 0.6) is 0 Å². The highest BCUT2D eigenvalue weighted by atomic mass is 32.2. The van der Waals surface area contributed by atoms with Crippen LogP contribution in [-0.2, 0) is 14.8 Å². The molecule has 0 aliphatic heterocycles. The van der Waals surface area contributed by atoms with Gasteiger partial charge in [0.05, 0.1) is 28.8 Å². The van der Waals surface area contributed by atoms with Gasteiger partial charge in [0.2, 0.25) is 15.9 Å². The molecule has 0 atom stereocenters. The third-order valence-electron chi connectivity index (χ3n) is 4.16. The van der Waals surface area contributed by atoms with Crippen LogP contribution in [0.2, 0.25) is 0 Å². The molecule has 1 aromatic heterocycles. The summed E-state index contributed by atoms with van der Waals surface area (Å²) >= 11 is 0. The first-order chi connectivity index (χ1) is 13.8. The van der Waals surface area contributed by atoms with Gasteiger partial charge in [-0.05, 0) is 30.3 Å². The minimum absolute atomic E-state index is 0.00170. The number of benzene rings is 2. The maximum Gasteiger partial charge on any atom is 0.251 e. The van der Waals surface area contributed by atoms with Crippen LogP contribution >= 0.6 is 0 Å². The van der Waals surface area contributed by atoms with Gasteiger partial charge in [0, 0.05) is 25.0 Å². The zero-order valence-corrected chi connectivity index (χ0v) is 16.7. The van der Waals surface area contributed by atoms with Crippen LogP contribution in [0, 0.1) is 0 Å². The van der Waals surface area contributed by atoms with Crippen molar-refractivity contribution in [3.63, 3.8) is 0 Å². The third kappa shape index (κ3) is 4.76. The lowest BCUT2D eigenvalue weighted by Gasteiger charge is -2.12. The number of hydrogen-bond acceptors (Lipinski definition) is 5. The molecule has 0 saturated heterocycles. The second-order valence-corrected chi connectivity index (χ2v) is 8.61. The molecule has 3 aromatic rings.